The van der Waals surface area contributed by atoms with E-state index in [0.717, 1.165) is 38.2 Å². The summed E-state index contributed by atoms with van der Waals surface area (Å²) in [6.07, 6.45) is 2.62. The Labute approximate surface area is 132 Å². The number of nitrogens with one attached hydrogen (secondary N) is 1. The molecule has 0 atom stereocenters. The van der Waals surface area contributed by atoms with Gasteiger partial charge in [0.2, 0.25) is 5.91 Å². The summed E-state index contributed by atoms with van der Waals surface area (Å²) >= 11 is 2.03. The molecule has 0 aliphatic carbocycles. The molecular formula is C17H26N2OS. The van der Waals surface area contributed by atoms with Crippen LogP contribution in [0.2, 0.25) is 0 Å². The van der Waals surface area contributed by atoms with Gasteiger partial charge in [-0.3, -0.25) is 9.69 Å². The first-order valence-electron chi connectivity index (χ1n) is 7.89. The number of hydrogen-bond acceptors (Lipinski definition) is 3. The van der Waals surface area contributed by atoms with Crippen molar-refractivity contribution in [1.82, 2.24) is 4.90 Å². The van der Waals surface area contributed by atoms with Crippen LogP contribution >= 0.6 is 11.8 Å². The van der Waals surface area contributed by atoms with Gasteiger partial charge in [0.25, 0.3) is 0 Å². The van der Waals surface area contributed by atoms with Crippen LogP contribution in [0.3, 0.4) is 0 Å². The molecule has 0 spiro atoms. The lowest BCUT2D eigenvalue weighted by Gasteiger charge is -2.27. The highest BCUT2D eigenvalue weighted by molar-refractivity contribution is 7.99. The molecule has 1 N–H and O–H groups in total. The summed E-state index contributed by atoms with van der Waals surface area (Å²) in [7, 11) is 0. The summed E-state index contributed by atoms with van der Waals surface area (Å²) in [5, 5.41) is 3.06. The summed E-state index contributed by atoms with van der Waals surface area (Å²) < 4.78 is 0. The molecule has 1 saturated heterocycles. The SMILES string of the molecule is CCCCC(=O)Nc1cccc(CN2CCSCC2)c1C. The van der Waals surface area contributed by atoms with Crippen LogP contribution in [0.5, 0.6) is 0 Å². The van der Waals surface area contributed by atoms with Gasteiger partial charge in [0.1, 0.15) is 0 Å². The highest BCUT2D eigenvalue weighted by Crippen LogP contribution is 2.22. The van der Waals surface area contributed by atoms with E-state index in [0.29, 0.717) is 6.42 Å². The Balaban J connectivity index is 1.99. The predicted molar refractivity (Wildman–Crippen MR) is 91.9 cm³/mol. The second kappa shape index (κ2) is 8.44. The molecule has 0 saturated carbocycles. The fraction of sp³-hybridized carbons (Fsp3) is 0.588. The fourth-order valence-electron chi connectivity index (χ4n) is 2.54. The summed E-state index contributed by atoms with van der Waals surface area (Å²) in [5.41, 5.74) is 3.51. The minimum Gasteiger partial charge on any atom is -0.326 e. The van der Waals surface area contributed by atoms with Crippen molar-refractivity contribution >= 4 is 23.4 Å². The van der Waals surface area contributed by atoms with E-state index in [9.17, 15) is 4.79 Å². The van der Waals surface area contributed by atoms with Gasteiger partial charge < -0.3 is 5.32 Å². The molecule has 0 radical (unpaired) electrons. The van der Waals surface area contributed by atoms with Crippen LogP contribution in [0.4, 0.5) is 5.69 Å². The number of carbonyl (C=O) groups is 1. The molecule has 1 aliphatic heterocycles. The van der Waals surface area contributed by atoms with E-state index in [-0.39, 0.29) is 5.91 Å². The molecule has 1 fully saturated rings. The van der Waals surface area contributed by atoms with E-state index in [1.165, 1.54) is 22.6 Å². The smallest absolute Gasteiger partial charge is 0.224 e. The van der Waals surface area contributed by atoms with Gasteiger partial charge in [-0.25, -0.2) is 0 Å². The number of benzene rings is 1. The third-order valence-electron chi connectivity index (χ3n) is 3.98. The Morgan fingerprint density at radius 1 is 1.33 bits per heavy atom. The Bertz CT molecular complexity index is 470. The Morgan fingerprint density at radius 2 is 2.10 bits per heavy atom. The predicted octanol–water partition coefficient (Wildman–Crippen LogP) is 3.67. The Morgan fingerprint density at radius 3 is 2.81 bits per heavy atom. The number of nitrogens with zero attached hydrogens (tertiary/aromatic N) is 1. The normalized spacial score (nSPS) is 15.9. The fourth-order valence-corrected chi connectivity index (χ4v) is 3.52. The van der Waals surface area contributed by atoms with Crippen LogP contribution in [0.15, 0.2) is 18.2 Å². The first kappa shape index (κ1) is 16.4. The first-order chi connectivity index (χ1) is 10.2. The zero-order valence-electron chi connectivity index (χ0n) is 13.2. The Kier molecular flexibility index (Phi) is 6.58. The molecule has 21 heavy (non-hydrogen) atoms. The maximum Gasteiger partial charge on any atom is 0.224 e. The molecule has 1 aromatic rings. The molecule has 0 bridgehead atoms. The minimum atomic E-state index is 0.131. The van der Waals surface area contributed by atoms with Crippen LogP contribution in [0.1, 0.15) is 37.3 Å². The molecule has 0 aromatic heterocycles. The lowest BCUT2D eigenvalue weighted by molar-refractivity contribution is -0.116. The van der Waals surface area contributed by atoms with Crippen LogP contribution in [0.25, 0.3) is 0 Å². The highest BCUT2D eigenvalue weighted by Gasteiger charge is 2.13. The van der Waals surface area contributed by atoms with Crippen molar-refractivity contribution < 1.29 is 4.79 Å². The molecule has 4 heteroatoms. The molecule has 116 valence electrons. The molecular weight excluding hydrogens is 280 g/mol. The molecule has 0 unspecified atom stereocenters. The average molecular weight is 306 g/mol. The van der Waals surface area contributed by atoms with E-state index in [1.54, 1.807) is 0 Å². The summed E-state index contributed by atoms with van der Waals surface area (Å²) in [5.74, 6) is 2.59. The molecule has 1 heterocycles. The third kappa shape index (κ3) is 5.04. The maximum atomic E-state index is 11.9. The second-order valence-electron chi connectivity index (χ2n) is 5.63. The topological polar surface area (TPSA) is 32.3 Å². The molecule has 1 aliphatic rings. The van der Waals surface area contributed by atoms with Crippen LogP contribution < -0.4 is 5.32 Å². The van der Waals surface area contributed by atoms with Crippen molar-refractivity contribution in [2.75, 3.05) is 29.9 Å². The quantitative estimate of drug-likeness (QED) is 0.870. The zero-order chi connectivity index (χ0) is 15.1. The van der Waals surface area contributed by atoms with E-state index in [2.05, 4.69) is 36.2 Å². The van der Waals surface area contributed by atoms with E-state index < -0.39 is 0 Å². The minimum absolute atomic E-state index is 0.131. The number of carbonyl (C=O) groups excluding carboxylic acids is 1. The molecule has 2 rings (SSSR count). The van der Waals surface area contributed by atoms with Crippen LogP contribution in [-0.4, -0.2) is 35.4 Å². The van der Waals surface area contributed by atoms with E-state index >= 15 is 0 Å². The number of hydrogen-bond donors (Lipinski definition) is 1. The summed E-state index contributed by atoms with van der Waals surface area (Å²) in [4.78, 5) is 14.4. The number of rotatable bonds is 6. The summed E-state index contributed by atoms with van der Waals surface area (Å²) in [6, 6.07) is 6.24. The van der Waals surface area contributed by atoms with Crippen molar-refractivity contribution in [1.29, 1.82) is 0 Å². The molecule has 3 nitrogen and oxygen atoms in total. The van der Waals surface area contributed by atoms with Gasteiger partial charge in [0.05, 0.1) is 0 Å². The molecule has 1 aromatic carbocycles. The van der Waals surface area contributed by atoms with Gasteiger partial charge in [-0.15, -0.1) is 0 Å². The monoisotopic (exact) mass is 306 g/mol. The highest BCUT2D eigenvalue weighted by atomic mass is 32.2. The second-order valence-corrected chi connectivity index (χ2v) is 6.85. The van der Waals surface area contributed by atoms with Crippen molar-refractivity contribution in [2.45, 2.75) is 39.7 Å². The largest absolute Gasteiger partial charge is 0.326 e. The van der Waals surface area contributed by atoms with Crippen molar-refractivity contribution in [3.05, 3.63) is 29.3 Å². The van der Waals surface area contributed by atoms with Crippen LogP contribution in [-0.2, 0) is 11.3 Å². The van der Waals surface area contributed by atoms with E-state index in [4.69, 9.17) is 0 Å². The standard InChI is InChI=1S/C17H26N2OS/c1-3-4-8-17(20)18-16-7-5-6-15(14(16)2)13-19-9-11-21-12-10-19/h5-7H,3-4,8-13H2,1-2H3,(H,18,20). The lowest BCUT2D eigenvalue weighted by atomic mass is 10.1. The van der Waals surface area contributed by atoms with Gasteiger partial charge in [-0.1, -0.05) is 25.5 Å². The first-order valence-corrected chi connectivity index (χ1v) is 9.04. The van der Waals surface area contributed by atoms with Gasteiger partial charge >= 0.3 is 0 Å². The van der Waals surface area contributed by atoms with Crippen molar-refractivity contribution in [2.24, 2.45) is 0 Å². The zero-order valence-corrected chi connectivity index (χ0v) is 14.0. The third-order valence-corrected chi connectivity index (χ3v) is 4.92. The Hall–Kier alpha value is -1.00. The van der Waals surface area contributed by atoms with E-state index in [1.807, 2.05) is 17.8 Å². The van der Waals surface area contributed by atoms with Gasteiger partial charge in [0.15, 0.2) is 0 Å². The van der Waals surface area contributed by atoms with Crippen molar-refractivity contribution in [3.63, 3.8) is 0 Å². The number of unbranched alkanes of at least 4 members (excludes halogenated alkanes) is 1. The number of anilines is 1. The number of amides is 1. The van der Waals surface area contributed by atoms with Crippen molar-refractivity contribution in [3.8, 4) is 0 Å². The summed E-state index contributed by atoms with van der Waals surface area (Å²) in [6.45, 7) is 7.54. The maximum absolute atomic E-state index is 11.9. The lowest BCUT2D eigenvalue weighted by Crippen LogP contribution is -2.32. The molecule has 1 amide bonds. The number of thioether (sulfide) groups is 1. The van der Waals surface area contributed by atoms with Gasteiger partial charge in [-0.05, 0) is 30.5 Å². The average Bonchev–Trinajstić information content (AvgIpc) is 2.50. The van der Waals surface area contributed by atoms with Gasteiger partial charge in [0, 0.05) is 43.2 Å². The van der Waals surface area contributed by atoms with Gasteiger partial charge in [-0.2, -0.15) is 11.8 Å². The van der Waals surface area contributed by atoms with Crippen LogP contribution in [0, 0.1) is 6.92 Å².